The van der Waals surface area contributed by atoms with E-state index in [1.165, 1.54) is 4.90 Å². The topological polar surface area (TPSA) is 56.2 Å². The zero-order chi connectivity index (χ0) is 11.0. The average Bonchev–Trinajstić information content (AvgIpc) is 2.44. The number of nitrogens with one attached hydrogen (secondary N) is 2. The van der Waals surface area contributed by atoms with Crippen LogP contribution in [-0.2, 0) is 0 Å². The highest BCUT2D eigenvalue weighted by atomic mass is 79.9. The van der Waals surface area contributed by atoms with Gasteiger partial charge in [0.1, 0.15) is 11.9 Å². The van der Waals surface area contributed by atoms with Crippen LogP contribution in [0.25, 0.3) is 0 Å². The van der Waals surface area contributed by atoms with E-state index >= 15 is 0 Å². The Hall–Kier alpha value is -1.36. The van der Waals surface area contributed by atoms with Gasteiger partial charge in [-0.25, -0.2) is 4.79 Å². The van der Waals surface area contributed by atoms with Gasteiger partial charge in [0.2, 0.25) is 0 Å². The van der Waals surface area contributed by atoms with Crippen molar-refractivity contribution < 1.29 is 4.79 Å². The SMILES string of the molecule is CN1C(=O)NC(=N)C1c1ccc(Br)cc1. The van der Waals surface area contributed by atoms with Crippen LogP contribution >= 0.6 is 15.9 Å². The van der Waals surface area contributed by atoms with Gasteiger partial charge in [-0.3, -0.25) is 10.7 Å². The van der Waals surface area contributed by atoms with Crippen molar-refractivity contribution in [3.8, 4) is 0 Å². The quantitative estimate of drug-likeness (QED) is 0.805. The summed E-state index contributed by atoms with van der Waals surface area (Å²) in [7, 11) is 1.68. The number of urea groups is 1. The summed E-state index contributed by atoms with van der Waals surface area (Å²) < 4.78 is 0.984. The lowest BCUT2D eigenvalue weighted by Gasteiger charge is -2.17. The summed E-state index contributed by atoms with van der Waals surface area (Å²) in [6.45, 7) is 0. The van der Waals surface area contributed by atoms with Crippen molar-refractivity contribution >= 4 is 27.8 Å². The molecule has 1 aliphatic rings. The highest BCUT2D eigenvalue weighted by Gasteiger charge is 2.33. The van der Waals surface area contributed by atoms with Crippen LogP contribution in [0.2, 0.25) is 0 Å². The van der Waals surface area contributed by atoms with Gasteiger partial charge in [0.25, 0.3) is 0 Å². The molecule has 2 rings (SSSR count). The Kier molecular flexibility index (Phi) is 2.48. The van der Waals surface area contributed by atoms with E-state index < -0.39 is 0 Å². The van der Waals surface area contributed by atoms with Crippen molar-refractivity contribution in [1.82, 2.24) is 10.2 Å². The Morgan fingerprint density at radius 2 is 2.00 bits per heavy atom. The minimum Gasteiger partial charge on any atom is -0.313 e. The molecule has 15 heavy (non-hydrogen) atoms. The maximum atomic E-state index is 11.3. The summed E-state index contributed by atoms with van der Waals surface area (Å²) in [4.78, 5) is 12.8. The molecule has 1 fully saturated rings. The first-order valence-electron chi connectivity index (χ1n) is 4.47. The smallest absolute Gasteiger partial charge is 0.313 e. The fraction of sp³-hybridized carbons (Fsp3) is 0.200. The number of benzene rings is 1. The van der Waals surface area contributed by atoms with Crippen LogP contribution in [0.4, 0.5) is 4.79 Å². The molecule has 0 radical (unpaired) electrons. The molecule has 5 heteroatoms. The van der Waals surface area contributed by atoms with Gasteiger partial charge in [-0.1, -0.05) is 28.1 Å². The zero-order valence-corrected chi connectivity index (χ0v) is 9.71. The molecule has 1 unspecified atom stereocenters. The Labute approximate surface area is 95.9 Å². The molecule has 1 heterocycles. The van der Waals surface area contributed by atoms with E-state index in [1.807, 2.05) is 24.3 Å². The standard InChI is InChI=1S/C10H10BrN3O/c1-14-8(9(12)13-10(14)15)6-2-4-7(11)5-3-6/h2-5,8H,1H3,(H2,12,13,15). The Morgan fingerprint density at radius 3 is 2.47 bits per heavy atom. The Bertz CT molecular complexity index is 415. The first-order valence-corrected chi connectivity index (χ1v) is 5.26. The van der Waals surface area contributed by atoms with Crippen LogP contribution in [0.5, 0.6) is 0 Å². The van der Waals surface area contributed by atoms with E-state index in [0.29, 0.717) is 0 Å². The Morgan fingerprint density at radius 1 is 1.40 bits per heavy atom. The number of carbonyl (C=O) groups excluding carboxylic acids is 1. The number of likely N-dealkylation sites (N-methyl/N-ethyl adjacent to an activating group) is 1. The average molecular weight is 268 g/mol. The van der Waals surface area contributed by atoms with Crippen LogP contribution in [0, 0.1) is 5.41 Å². The molecule has 0 saturated carbocycles. The molecule has 2 amide bonds. The maximum Gasteiger partial charge on any atom is 0.323 e. The van der Waals surface area contributed by atoms with E-state index in [2.05, 4.69) is 21.2 Å². The number of amides is 2. The van der Waals surface area contributed by atoms with E-state index in [9.17, 15) is 4.79 Å². The molecule has 0 aromatic heterocycles. The largest absolute Gasteiger partial charge is 0.323 e. The predicted molar refractivity (Wildman–Crippen MR) is 60.9 cm³/mol. The lowest BCUT2D eigenvalue weighted by Crippen LogP contribution is -2.25. The van der Waals surface area contributed by atoms with Gasteiger partial charge in [-0.05, 0) is 17.7 Å². The highest BCUT2D eigenvalue weighted by molar-refractivity contribution is 9.10. The maximum absolute atomic E-state index is 11.3. The first kappa shape index (κ1) is 10.2. The third kappa shape index (κ3) is 1.74. The lowest BCUT2D eigenvalue weighted by atomic mass is 10.1. The summed E-state index contributed by atoms with van der Waals surface area (Å²) in [5.41, 5.74) is 0.934. The normalized spacial score (nSPS) is 20.7. The number of amidine groups is 1. The molecule has 2 N–H and O–H groups in total. The van der Waals surface area contributed by atoms with Crippen molar-refractivity contribution in [2.75, 3.05) is 7.05 Å². The molecule has 1 atom stereocenters. The van der Waals surface area contributed by atoms with Crippen LogP contribution < -0.4 is 5.32 Å². The van der Waals surface area contributed by atoms with E-state index in [0.717, 1.165) is 10.0 Å². The number of hydrogen-bond donors (Lipinski definition) is 2. The number of carbonyl (C=O) groups is 1. The molecule has 0 bridgehead atoms. The number of nitrogens with zero attached hydrogens (tertiary/aromatic N) is 1. The van der Waals surface area contributed by atoms with Crippen molar-refractivity contribution in [3.05, 3.63) is 34.3 Å². The second kappa shape index (κ2) is 3.66. The molecule has 78 valence electrons. The Balaban J connectivity index is 2.34. The number of hydrogen-bond acceptors (Lipinski definition) is 2. The van der Waals surface area contributed by atoms with Gasteiger partial charge in [-0.2, -0.15) is 0 Å². The van der Waals surface area contributed by atoms with Crippen LogP contribution in [0.3, 0.4) is 0 Å². The summed E-state index contributed by atoms with van der Waals surface area (Å²) in [6.07, 6.45) is 0. The zero-order valence-electron chi connectivity index (χ0n) is 8.12. The summed E-state index contributed by atoms with van der Waals surface area (Å²) in [5.74, 6) is 0.227. The van der Waals surface area contributed by atoms with Gasteiger partial charge >= 0.3 is 6.03 Å². The van der Waals surface area contributed by atoms with Crippen molar-refractivity contribution in [2.45, 2.75) is 6.04 Å². The summed E-state index contributed by atoms with van der Waals surface area (Å²) in [6, 6.07) is 7.09. The van der Waals surface area contributed by atoms with Crippen LogP contribution in [0.1, 0.15) is 11.6 Å². The minimum atomic E-state index is -0.286. The summed E-state index contributed by atoms with van der Waals surface area (Å²) in [5, 5.41) is 10.2. The lowest BCUT2D eigenvalue weighted by molar-refractivity contribution is 0.217. The fourth-order valence-corrected chi connectivity index (χ4v) is 1.88. The minimum absolute atomic E-state index is 0.227. The van der Waals surface area contributed by atoms with E-state index in [-0.39, 0.29) is 17.9 Å². The van der Waals surface area contributed by atoms with E-state index in [4.69, 9.17) is 5.41 Å². The van der Waals surface area contributed by atoms with Crippen molar-refractivity contribution in [1.29, 1.82) is 5.41 Å². The first-order chi connectivity index (χ1) is 7.09. The molecule has 0 aliphatic carbocycles. The van der Waals surface area contributed by atoms with Gasteiger partial charge < -0.3 is 4.90 Å². The molecule has 1 saturated heterocycles. The second-order valence-electron chi connectivity index (χ2n) is 3.41. The van der Waals surface area contributed by atoms with Crippen LogP contribution in [0.15, 0.2) is 28.7 Å². The fourth-order valence-electron chi connectivity index (χ4n) is 1.62. The molecule has 1 aromatic carbocycles. The van der Waals surface area contributed by atoms with Crippen molar-refractivity contribution in [2.24, 2.45) is 0 Å². The monoisotopic (exact) mass is 267 g/mol. The van der Waals surface area contributed by atoms with Gasteiger partial charge in [-0.15, -0.1) is 0 Å². The van der Waals surface area contributed by atoms with Gasteiger partial charge in [0.05, 0.1) is 0 Å². The number of halogens is 1. The van der Waals surface area contributed by atoms with Crippen LogP contribution in [-0.4, -0.2) is 23.8 Å². The molecule has 4 nitrogen and oxygen atoms in total. The molecular weight excluding hydrogens is 258 g/mol. The van der Waals surface area contributed by atoms with Gasteiger partial charge in [0.15, 0.2) is 0 Å². The van der Waals surface area contributed by atoms with E-state index in [1.54, 1.807) is 7.05 Å². The predicted octanol–water partition coefficient (Wildman–Crippen LogP) is 2.12. The summed E-state index contributed by atoms with van der Waals surface area (Å²) >= 11 is 3.35. The molecule has 0 spiro atoms. The van der Waals surface area contributed by atoms with Crippen molar-refractivity contribution in [3.63, 3.8) is 0 Å². The second-order valence-corrected chi connectivity index (χ2v) is 4.32. The molecule has 1 aliphatic heterocycles. The highest BCUT2D eigenvalue weighted by Crippen LogP contribution is 2.25. The molecule has 1 aromatic rings. The number of rotatable bonds is 1. The molecular formula is C10H10BrN3O. The third-order valence-corrected chi connectivity index (χ3v) is 2.94. The van der Waals surface area contributed by atoms with Gasteiger partial charge in [0, 0.05) is 11.5 Å². The third-order valence-electron chi connectivity index (χ3n) is 2.41.